The van der Waals surface area contributed by atoms with E-state index in [0.717, 1.165) is 0 Å². The van der Waals surface area contributed by atoms with Gasteiger partial charge in [-0.25, -0.2) is 4.39 Å². The first-order valence-electron chi connectivity index (χ1n) is 6.03. The highest BCUT2D eigenvalue weighted by molar-refractivity contribution is 6.30. The molecule has 2 aromatic carbocycles. The van der Waals surface area contributed by atoms with Crippen LogP contribution in [0.15, 0.2) is 54.1 Å². The molecule has 0 heterocycles. The summed E-state index contributed by atoms with van der Waals surface area (Å²) in [6, 6.07) is 13.9. The SMILES string of the molecule is N#C/C(=C/c1ccc(F)cc1)C(=O)Nc1ccc(Cl)cc1. The van der Waals surface area contributed by atoms with Crippen molar-refractivity contribution in [2.24, 2.45) is 0 Å². The van der Waals surface area contributed by atoms with Crippen LogP contribution in [0.25, 0.3) is 6.08 Å². The molecule has 0 atom stereocenters. The normalized spacial score (nSPS) is 10.8. The molecule has 0 aliphatic carbocycles. The zero-order chi connectivity index (χ0) is 15.2. The van der Waals surface area contributed by atoms with Crippen LogP contribution in [0.1, 0.15) is 5.56 Å². The van der Waals surface area contributed by atoms with Crippen molar-refractivity contribution in [1.82, 2.24) is 0 Å². The Morgan fingerprint density at radius 1 is 1.14 bits per heavy atom. The van der Waals surface area contributed by atoms with E-state index in [2.05, 4.69) is 5.32 Å². The number of nitriles is 1. The Labute approximate surface area is 126 Å². The summed E-state index contributed by atoms with van der Waals surface area (Å²) in [4.78, 5) is 12.0. The van der Waals surface area contributed by atoms with E-state index in [1.807, 2.05) is 6.07 Å². The molecule has 1 N–H and O–H groups in total. The molecule has 0 unspecified atom stereocenters. The quantitative estimate of drug-likeness (QED) is 0.687. The summed E-state index contributed by atoms with van der Waals surface area (Å²) in [5, 5.41) is 12.2. The fourth-order valence-electron chi connectivity index (χ4n) is 1.61. The Bertz CT molecular complexity index is 715. The summed E-state index contributed by atoms with van der Waals surface area (Å²) in [5.41, 5.74) is 1.03. The molecule has 0 aliphatic heterocycles. The fraction of sp³-hybridized carbons (Fsp3) is 0. The van der Waals surface area contributed by atoms with Crippen molar-refractivity contribution < 1.29 is 9.18 Å². The van der Waals surface area contributed by atoms with E-state index in [0.29, 0.717) is 16.3 Å². The molecule has 0 bridgehead atoms. The standard InChI is InChI=1S/C16H10ClFN2O/c17-13-3-7-15(8-4-13)20-16(21)12(10-19)9-11-1-5-14(18)6-2-11/h1-9H,(H,20,21)/b12-9-. The van der Waals surface area contributed by atoms with E-state index < -0.39 is 5.91 Å². The Kier molecular flexibility index (Phi) is 4.70. The summed E-state index contributed by atoms with van der Waals surface area (Å²) in [5.74, 6) is -0.916. The van der Waals surface area contributed by atoms with Gasteiger partial charge in [0.15, 0.2) is 0 Å². The van der Waals surface area contributed by atoms with Gasteiger partial charge in [-0.1, -0.05) is 23.7 Å². The van der Waals surface area contributed by atoms with Gasteiger partial charge in [-0.05, 0) is 48.0 Å². The van der Waals surface area contributed by atoms with E-state index >= 15 is 0 Å². The van der Waals surface area contributed by atoms with Crippen LogP contribution < -0.4 is 5.32 Å². The predicted octanol–water partition coefficient (Wildman–Crippen LogP) is 4.02. The molecule has 5 heteroatoms. The van der Waals surface area contributed by atoms with Gasteiger partial charge < -0.3 is 5.32 Å². The molecule has 2 aromatic rings. The van der Waals surface area contributed by atoms with Crippen molar-refractivity contribution in [3.63, 3.8) is 0 Å². The van der Waals surface area contributed by atoms with Crippen LogP contribution in [0.5, 0.6) is 0 Å². The van der Waals surface area contributed by atoms with Crippen LogP contribution in [0.3, 0.4) is 0 Å². The number of carbonyl (C=O) groups is 1. The zero-order valence-corrected chi connectivity index (χ0v) is 11.6. The molecule has 0 aliphatic rings. The Morgan fingerprint density at radius 3 is 2.33 bits per heavy atom. The van der Waals surface area contributed by atoms with Crippen molar-refractivity contribution >= 4 is 29.3 Å². The number of carbonyl (C=O) groups excluding carboxylic acids is 1. The molecular formula is C16H10ClFN2O. The maximum atomic E-state index is 12.8. The molecule has 2 rings (SSSR count). The lowest BCUT2D eigenvalue weighted by Gasteiger charge is -2.04. The van der Waals surface area contributed by atoms with Crippen LogP contribution in [-0.2, 0) is 4.79 Å². The van der Waals surface area contributed by atoms with Gasteiger partial charge in [0.1, 0.15) is 17.5 Å². The maximum absolute atomic E-state index is 12.8. The number of amides is 1. The molecule has 3 nitrogen and oxygen atoms in total. The number of nitrogens with one attached hydrogen (secondary N) is 1. The molecule has 0 spiro atoms. The summed E-state index contributed by atoms with van der Waals surface area (Å²) in [6.45, 7) is 0. The lowest BCUT2D eigenvalue weighted by Crippen LogP contribution is -2.13. The number of anilines is 1. The monoisotopic (exact) mass is 300 g/mol. The third-order valence-corrected chi connectivity index (χ3v) is 2.90. The number of halogens is 2. The van der Waals surface area contributed by atoms with Gasteiger partial charge in [-0.2, -0.15) is 5.26 Å². The number of hydrogen-bond acceptors (Lipinski definition) is 2. The summed E-state index contributed by atoms with van der Waals surface area (Å²) in [6.07, 6.45) is 1.39. The van der Waals surface area contributed by atoms with E-state index in [-0.39, 0.29) is 11.4 Å². The highest BCUT2D eigenvalue weighted by atomic mass is 35.5. The van der Waals surface area contributed by atoms with Crippen LogP contribution in [-0.4, -0.2) is 5.91 Å². The second-order valence-electron chi connectivity index (χ2n) is 4.18. The first-order valence-corrected chi connectivity index (χ1v) is 6.40. The predicted molar refractivity (Wildman–Crippen MR) is 80.1 cm³/mol. The minimum atomic E-state index is -0.538. The van der Waals surface area contributed by atoms with Gasteiger partial charge in [0.25, 0.3) is 5.91 Å². The first kappa shape index (κ1) is 14.8. The van der Waals surface area contributed by atoms with Gasteiger partial charge in [0, 0.05) is 10.7 Å². The van der Waals surface area contributed by atoms with Gasteiger partial charge in [0.05, 0.1) is 0 Å². The average Bonchev–Trinajstić information content (AvgIpc) is 2.49. The largest absolute Gasteiger partial charge is 0.321 e. The molecule has 21 heavy (non-hydrogen) atoms. The maximum Gasteiger partial charge on any atom is 0.266 e. The van der Waals surface area contributed by atoms with E-state index in [9.17, 15) is 9.18 Å². The van der Waals surface area contributed by atoms with E-state index in [1.165, 1.54) is 30.3 Å². The molecular weight excluding hydrogens is 291 g/mol. The number of benzene rings is 2. The highest BCUT2D eigenvalue weighted by Gasteiger charge is 2.09. The van der Waals surface area contributed by atoms with Crippen LogP contribution in [0.2, 0.25) is 5.02 Å². The summed E-state index contributed by atoms with van der Waals surface area (Å²) in [7, 11) is 0. The molecule has 1 amide bonds. The van der Waals surface area contributed by atoms with E-state index in [4.69, 9.17) is 16.9 Å². The Morgan fingerprint density at radius 2 is 1.76 bits per heavy atom. The Hall–Kier alpha value is -2.64. The molecule has 0 aromatic heterocycles. The molecule has 104 valence electrons. The van der Waals surface area contributed by atoms with E-state index in [1.54, 1.807) is 24.3 Å². The molecule has 0 saturated heterocycles. The lowest BCUT2D eigenvalue weighted by atomic mass is 10.1. The van der Waals surface area contributed by atoms with Crippen molar-refractivity contribution in [2.45, 2.75) is 0 Å². The topological polar surface area (TPSA) is 52.9 Å². The molecule has 0 fully saturated rings. The van der Waals surface area contributed by atoms with Crippen molar-refractivity contribution in [3.8, 4) is 6.07 Å². The minimum Gasteiger partial charge on any atom is -0.321 e. The van der Waals surface area contributed by atoms with Crippen molar-refractivity contribution in [3.05, 3.63) is 70.5 Å². The third kappa shape index (κ3) is 4.16. The zero-order valence-electron chi connectivity index (χ0n) is 10.8. The van der Waals surface area contributed by atoms with Crippen molar-refractivity contribution in [1.29, 1.82) is 5.26 Å². The number of rotatable bonds is 3. The van der Waals surface area contributed by atoms with Crippen LogP contribution in [0.4, 0.5) is 10.1 Å². The van der Waals surface area contributed by atoms with Crippen LogP contribution >= 0.6 is 11.6 Å². The fourth-order valence-corrected chi connectivity index (χ4v) is 1.73. The van der Waals surface area contributed by atoms with Crippen molar-refractivity contribution in [2.75, 3.05) is 5.32 Å². The van der Waals surface area contributed by atoms with Crippen LogP contribution in [0, 0.1) is 17.1 Å². The summed E-state index contributed by atoms with van der Waals surface area (Å²) < 4.78 is 12.8. The smallest absolute Gasteiger partial charge is 0.266 e. The Balaban J connectivity index is 2.17. The number of nitrogens with zero attached hydrogens (tertiary/aromatic N) is 1. The van der Waals surface area contributed by atoms with Gasteiger partial charge in [0.2, 0.25) is 0 Å². The highest BCUT2D eigenvalue weighted by Crippen LogP contribution is 2.15. The van der Waals surface area contributed by atoms with Gasteiger partial charge in [-0.3, -0.25) is 4.79 Å². The molecule has 0 saturated carbocycles. The number of hydrogen-bond donors (Lipinski definition) is 1. The molecule has 0 radical (unpaired) electrons. The first-order chi connectivity index (χ1) is 10.1. The average molecular weight is 301 g/mol. The second kappa shape index (κ2) is 6.69. The third-order valence-electron chi connectivity index (χ3n) is 2.65. The van der Waals surface area contributed by atoms with Gasteiger partial charge >= 0.3 is 0 Å². The second-order valence-corrected chi connectivity index (χ2v) is 4.62. The minimum absolute atomic E-state index is 0.0726. The lowest BCUT2D eigenvalue weighted by molar-refractivity contribution is -0.112. The summed E-state index contributed by atoms with van der Waals surface area (Å²) >= 11 is 5.75. The van der Waals surface area contributed by atoms with Gasteiger partial charge in [-0.15, -0.1) is 0 Å².